The molecule has 0 bridgehead atoms. The Labute approximate surface area is 197 Å². The second kappa shape index (κ2) is 12.0. The van der Waals surface area contributed by atoms with Crippen molar-refractivity contribution in [3.8, 4) is 5.75 Å². The van der Waals surface area contributed by atoms with Gasteiger partial charge in [-0.25, -0.2) is 22.0 Å². The van der Waals surface area contributed by atoms with E-state index in [0.29, 0.717) is 29.7 Å². The fourth-order valence-electron chi connectivity index (χ4n) is 3.93. The number of hydrogen-bond donors (Lipinski definition) is 0. The van der Waals surface area contributed by atoms with Crippen LogP contribution < -0.4 is 4.74 Å². The first-order valence-corrected chi connectivity index (χ1v) is 11.7. The van der Waals surface area contributed by atoms with Gasteiger partial charge in [0.2, 0.25) is 0 Å². The van der Waals surface area contributed by atoms with Gasteiger partial charge in [-0.05, 0) is 91.6 Å². The van der Waals surface area contributed by atoms with Crippen molar-refractivity contribution in [2.75, 3.05) is 6.61 Å². The fraction of sp³-hybridized carbons (Fsp3) is 0.357. The van der Waals surface area contributed by atoms with Crippen LogP contribution >= 0.6 is 0 Å². The van der Waals surface area contributed by atoms with E-state index in [1.807, 2.05) is 13.8 Å². The van der Waals surface area contributed by atoms with Gasteiger partial charge in [-0.2, -0.15) is 0 Å². The van der Waals surface area contributed by atoms with Gasteiger partial charge >= 0.3 is 0 Å². The average Bonchev–Trinajstić information content (AvgIpc) is 2.77. The Kier molecular flexibility index (Phi) is 9.08. The van der Waals surface area contributed by atoms with E-state index in [-0.39, 0.29) is 42.6 Å². The number of hydrogen-bond acceptors (Lipinski definition) is 1. The highest BCUT2D eigenvalue weighted by Gasteiger charge is 2.15. The standard InChI is InChI=1S/C28H29F5O/c1-3-5-19-14-23(29)22(24(30)15-19)10-7-20-16-25(31)21(26(32)17-20)9-6-18-8-11-28(27(33)13-18)34-12-4-2/h8,11,13-17H,3-7,9-10,12H2,1-2H3. The first kappa shape index (κ1) is 25.7. The van der Waals surface area contributed by atoms with E-state index < -0.39 is 29.1 Å². The van der Waals surface area contributed by atoms with Gasteiger partial charge in [0, 0.05) is 11.1 Å². The molecule has 0 aromatic heterocycles. The van der Waals surface area contributed by atoms with Gasteiger partial charge in [0.25, 0.3) is 0 Å². The van der Waals surface area contributed by atoms with Gasteiger partial charge in [-0.3, -0.25) is 0 Å². The molecule has 3 aromatic rings. The highest BCUT2D eigenvalue weighted by molar-refractivity contribution is 5.32. The summed E-state index contributed by atoms with van der Waals surface area (Å²) < 4.78 is 77.3. The first-order valence-electron chi connectivity index (χ1n) is 11.7. The summed E-state index contributed by atoms with van der Waals surface area (Å²) in [6.45, 7) is 4.25. The molecule has 0 aliphatic heterocycles. The number of aryl methyl sites for hydroxylation is 3. The van der Waals surface area contributed by atoms with Gasteiger partial charge in [-0.15, -0.1) is 0 Å². The van der Waals surface area contributed by atoms with Gasteiger partial charge in [0.15, 0.2) is 11.6 Å². The molecule has 0 atom stereocenters. The maximum absolute atomic E-state index is 14.6. The molecule has 0 fully saturated rings. The van der Waals surface area contributed by atoms with E-state index >= 15 is 0 Å². The third-order valence-electron chi connectivity index (χ3n) is 5.73. The normalized spacial score (nSPS) is 11.1. The lowest BCUT2D eigenvalue weighted by molar-refractivity contribution is 0.301. The summed E-state index contributed by atoms with van der Waals surface area (Å²) in [5.74, 6) is -3.08. The van der Waals surface area contributed by atoms with Crippen molar-refractivity contribution in [3.05, 3.63) is 99.4 Å². The summed E-state index contributed by atoms with van der Waals surface area (Å²) in [5, 5.41) is 0. The summed E-state index contributed by atoms with van der Waals surface area (Å²) in [6, 6.07) is 9.53. The predicted octanol–water partition coefficient (Wildman–Crippen LogP) is 7.69. The smallest absolute Gasteiger partial charge is 0.165 e. The fourth-order valence-corrected chi connectivity index (χ4v) is 3.93. The van der Waals surface area contributed by atoms with Crippen LogP contribution in [-0.4, -0.2) is 6.61 Å². The van der Waals surface area contributed by atoms with E-state index in [1.165, 1.54) is 36.4 Å². The summed E-state index contributed by atoms with van der Waals surface area (Å²) >= 11 is 0. The highest BCUT2D eigenvalue weighted by Crippen LogP contribution is 2.23. The molecule has 0 amide bonds. The minimum Gasteiger partial charge on any atom is -0.491 e. The third kappa shape index (κ3) is 6.58. The second-order valence-electron chi connectivity index (χ2n) is 8.44. The van der Waals surface area contributed by atoms with E-state index in [2.05, 4.69) is 0 Å². The van der Waals surface area contributed by atoms with Crippen LogP contribution in [0.4, 0.5) is 22.0 Å². The molecule has 0 aliphatic rings. The average molecular weight is 477 g/mol. The Bertz CT molecular complexity index is 1080. The Morgan fingerprint density at radius 1 is 0.529 bits per heavy atom. The van der Waals surface area contributed by atoms with Crippen molar-refractivity contribution >= 4 is 0 Å². The van der Waals surface area contributed by atoms with E-state index in [9.17, 15) is 22.0 Å². The van der Waals surface area contributed by atoms with E-state index in [1.54, 1.807) is 6.07 Å². The topological polar surface area (TPSA) is 9.23 Å². The largest absolute Gasteiger partial charge is 0.491 e. The van der Waals surface area contributed by atoms with Crippen LogP contribution in [0.1, 0.15) is 54.5 Å². The molecule has 3 rings (SSSR count). The summed E-state index contributed by atoms with van der Waals surface area (Å²) in [7, 11) is 0. The Hall–Kier alpha value is -2.89. The lowest BCUT2D eigenvalue weighted by atomic mass is 9.97. The molecule has 0 saturated heterocycles. The third-order valence-corrected chi connectivity index (χ3v) is 5.73. The highest BCUT2D eigenvalue weighted by atomic mass is 19.1. The van der Waals surface area contributed by atoms with Crippen LogP contribution in [0.2, 0.25) is 0 Å². The van der Waals surface area contributed by atoms with Crippen molar-refractivity contribution < 1.29 is 26.7 Å². The minimum atomic E-state index is -0.724. The number of halogens is 5. The van der Waals surface area contributed by atoms with Crippen LogP contribution in [0.25, 0.3) is 0 Å². The van der Waals surface area contributed by atoms with Crippen LogP contribution in [0, 0.1) is 29.1 Å². The molecular formula is C28H29F5O. The van der Waals surface area contributed by atoms with Crippen LogP contribution in [0.15, 0.2) is 42.5 Å². The summed E-state index contributed by atoms with van der Waals surface area (Å²) in [6.07, 6.45) is 2.50. The van der Waals surface area contributed by atoms with Crippen molar-refractivity contribution in [1.29, 1.82) is 0 Å². The Morgan fingerprint density at radius 2 is 1.00 bits per heavy atom. The predicted molar refractivity (Wildman–Crippen MR) is 124 cm³/mol. The number of ether oxygens (including phenoxy) is 1. The molecule has 182 valence electrons. The molecule has 0 radical (unpaired) electrons. The lowest BCUT2D eigenvalue weighted by Gasteiger charge is -2.11. The Morgan fingerprint density at radius 3 is 1.47 bits per heavy atom. The SMILES string of the molecule is CCCOc1ccc(CCc2c(F)cc(CCc3c(F)cc(CCC)cc3F)cc2F)cc1F. The molecule has 0 N–H and O–H groups in total. The molecule has 34 heavy (non-hydrogen) atoms. The quantitative estimate of drug-likeness (QED) is 0.258. The monoisotopic (exact) mass is 476 g/mol. The Balaban J connectivity index is 1.66. The number of benzene rings is 3. The molecule has 1 nitrogen and oxygen atoms in total. The van der Waals surface area contributed by atoms with E-state index in [0.717, 1.165) is 12.8 Å². The van der Waals surface area contributed by atoms with E-state index in [4.69, 9.17) is 4.74 Å². The van der Waals surface area contributed by atoms with Crippen molar-refractivity contribution in [1.82, 2.24) is 0 Å². The lowest BCUT2D eigenvalue weighted by Crippen LogP contribution is -2.04. The van der Waals surface area contributed by atoms with Crippen molar-refractivity contribution in [2.24, 2.45) is 0 Å². The van der Waals surface area contributed by atoms with Crippen molar-refractivity contribution in [3.63, 3.8) is 0 Å². The molecule has 0 spiro atoms. The zero-order chi connectivity index (χ0) is 24.7. The zero-order valence-electron chi connectivity index (χ0n) is 19.5. The maximum Gasteiger partial charge on any atom is 0.165 e. The summed E-state index contributed by atoms with van der Waals surface area (Å²) in [4.78, 5) is 0. The second-order valence-corrected chi connectivity index (χ2v) is 8.44. The van der Waals surface area contributed by atoms with Gasteiger partial charge in [-0.1, -0.05) is 26.3 Å². The summed E-state index contributed by atoms with van der Waals surface area (Å²) in [5.41, 5.74) is 1.32. The van der Waals surface area contributed by atoms with Gasteiger partial charge in [0.05, 0.1) is 6.61 Å². The first-order chi connectivity index (χ1) is 16.3. The number of rotatable bonds is 11. The van der Waals surface area contributed by atoms with Gasteiger partial charge in [0.1, 0.15) is 23.3 Å². The van der Waals surface area contributed by atoms with Crippen molar-refractivity contribution in [2.45, 2.75) is 58.8 Å². The molecule has 6 heteroatoms. The van der Waals surface area contributed by atoms with Gasteiger partial charge < -0.3 is 4.74 Å². The molecule has 0 saturated carbocycles. The maximum atomic E-state index is 14.6. The molecule has 0 aliphatic carbocycles. The zero-order valence-corrected chi connectivity index (χ0v) is 19.5. The van der Waals surface area contributed by atoms with Crippen LogP contribution in [-0.2, 0) is 32.1 Å². The van der Waals surface area contributed by atoms with Crippen LogP contribution in [0.3, 0.4) is 0 Å². The molecule has 0 unspecified atom stereocenters. The molecule has 0 heterocycles. The minimum absolute atomic E-state index is 0.00593. The molecule has 3 aromatic carbocycles. The molecular weight excluding hydrogens is 447 g/mol. The van der Waals surface area contributed by atoms with Crippen LogP contribution in [0.5, 0.6) is 5.75 Å².